The van der Waals surface area contributed by atoms with Crippen molar-refractivity contribution in [1.29, 1.82) is 0 Å². The third-order valence-electron chi connectivity index (χ3n) is 4.84. The lowest BCUT2D eigenvalue weighted by Gasteiger charge is -2.36. The van der Waals surface area contributed by atoms with E-state index in [0.29, 0.717) is 31.3 Å². The van der Waals surface area contributed by atoms with E-state index < -0.39 is 5.97 Å². The van der Waals surface area contributed by atoms with Crippen molar-refractivity contribution in [1.82, 2.24) is 20.4 Å². The van der Waals surface area contributed by atoms with Crippen LogP contribution in [0.3, 0.4) is 0 Å². The Balaban J connectivity index is 1.51. The van der Waals surface area contributed by atoms with Gasteiger partial charge in [-0.15, -0.1) is 0 Å². The summed E-state index contributed by atoms with van der Waals surface area (Å²) in [5, 5.41) is 15.6. The van der Waals surface area contributed by atoms with E-state index in [1.165, 1.54) is 12.1 Å². The van der Waals surface area contributed by atoms with E-state index in [9.17, 15) is 9.59 Å². The van der Waals surface area contributed by atoms with Crippen LogP contribution in [0.2, 0.25) is 0 Å². The molecule has 1 saturated heterocycles. The van der Waals surface area contributed by atoms with Gasteiger partial charge >= 0.3 is 12.0 Å². The molecule has 8 heteroatoms. The molecule has 0 spiro atoms. The van der Waals surface area contributed by atoms with Gasteiger partial charge in [0, 0.05) is 19.6 Å². The molecule has 0 atom stereocenters. The second kappa shape index (κ2) is 7.15. The predicted octanol–water partition coefficient (Wildman–Crippen LogP) is 2.34. The van der Waals surface area contributed by atoms with Crippen molar-refractivity contribution < 1.29 is 19.2 Å². The number of carbonyl (C=O) groups is 2. The third-order valence-corrected chi connectivity index (χ3v) is 4.84. The second-order valence-electron chi connectivity index (χ2n) is 6.86. The Labute approximate surface area is 151 Å². The first kappa shape index (κ1) is 17.9. The van der Waals surface area contributed by atoms with Gasteiger partial charge in [0.1, 0.15) is 0 Å². The van der Waals surface area contributed by atoms with Crippen LogP contribution in [0.25, 0.3) is 0 Å². The Hall–Kier alpha value is -2.90. The van der Waals surface area contributed by atoms with Gasteiger partial charge in [0.25, 0.3) is 0 Å². The minimum atomic E-state index is -0.964. The summed E-state index contributed by atoms with van der Waals surface area (Å²) in [7, 11) is 0. The molecule has 0 unspecified atom stereocenters. The SMILES string of the molecule is Cc1noc(C2(C)CCN(C(=O)NCc3ccc(C(=O)O)cc3)CC2)n1. The van der Waals surface area contributed by atoms with Crippen LogP contribution in [0.5, 0.6) is 0 Å². The van der Waals surface area contributed by atoms with E-state index in [2.05, 4.69) is 22.4 Å². The zero-order valence-electron chi connectivity index (χ0n) is 14.9. The number of carboxylic acid groups (broad SMARTS) is 1. The van der Waals surface area contributed by atoms with Gasteiger partial charge in [0.2, 0.25) is 5.89 Å². The van der Waals surface area contributed by atoms with Crippen molar-refractivity contribution in [2.24, 2.45) is 0 Å². The van der Waals surface area contributed by atoms with Crippen LogP contribution in [0.15, 0.2) is 28.8 Å². The van der Waals surface area contributed by atoms with Gasteiger partial charge in [-0.05, 0) is 37.5 Å². The summed E-state index contributed by atoms with van der Waals surface area (Å²) in [5.74, 6) is 0.289. The number of rotatable bonds is 4. The number of amides is 2. The molecule has 1 aliphatic heterocycles. The van der Waals surface area contributed by atoms with Crippen molar-refractivity contribution in [3.8, 4) is 0 Å². The minimum absolute atomic E-state index is 0.129. The lowest BCUT2D eigenvalue weighted by atomic mass is 9.80. The number of nitrogens with one attached hydrogen (secondary N) is 1. The van der Waals surface area contributed by atoms with Crippen molar-refractivity contribution in [3.05, 3.63) is 47.1 Å². The fraction of sp³-hybridized carbons (Fsp3) is 0.444. The molecule has 0 aliphatic carbocycles. The number of benzene rings is 1. The number of hydrogen-bond acceptors (Lipinski definition) is 5. The molecule has 0 bridgehead atoms. The summed E-state index contributed by atoms with van der Waals surface area (Å²) in [5.41, 5.74) is 0.878. The summed E-state index contributed by atoms with van der Waals surface area (Å²) >= 11 is 0. The number of piperidine rings is 1. The van der Waals surface area contributed by atoms with Gasteiger partial charge in [-0.2, -0.15) is 4.98 Å². The Kier molecular flexibility index (Phi) is 4.92. The van der Waals surface area contributed by atoms with Crippen LogP contribution in [-0.4, -0.2) is 45.2 Å². The van der Waals surface area contributed by atoms with Crippen LogP contribution >= 0.6 is 0 Å². The van der Waals surface area contributed by atoms with Crippen LogP contribution in [0.1, 0.15) is 47.4 Å². The summed E-state index contributed by atoms with van der Waals surface area (Å²) < 4.78 is 5.31. The van der Waals surface area contributed by atoms with Crippen LogP contribution in [-0.2, 0) is 12.0 Å². The van der Waals surface area contributed by atoms with E-state index in [0.717, 1.165) is 18.4 Å². The number of urea groups is 1. The van der Waals surface area contributed by atoms with Crippen molar-refractivity contribution >= 4 is 12.0 Å². The molecule has 3 rings (SSSR count). The molecule has 0 saturated carbocycles. The number of hydrogen-bond donors (Lipinski definition) is 2. The first-order chi connectivity index (χ1) is 12.4. The Morgan fingerprint density at radius 2 is 1.92 bits per heavy atom. The fourth-order valence-electron chi connectivity index (χ4n) is 3.01. The average molecular weight is 358 g/mol. The average Bonchev–Trinajstić information content (AvgIpc) is 3.08. The molecular weight excluding hydrogens is 336 g/mol. The highest BCUT2D eigenvalue weighted by Crippen LogP contribution is 2.33. The van der Waals surface area contributed by atoms with E-state index >= 15 is 0 Å². The number of likely N-dealkylation sites (tertiary alicyclic amines) is 1. The molecule has 0 radical (unpaired) electrons. The van der Waals surface area contributed by atoms with Gasteiger partial charge < -0.3 is 19.8 Å². The molecular formula is C18H22N4O4. The van der Waals surface area contributed by atoms with E-state index in [1.807, 2.05) is 0 Å². The zero-order chi connectivity index (χ0) is 18.7. The molecule has 2 aromatic rings. The summed E-state index contributed by atoms with van der Waals surface area (Å²) in [6.45, 7) is 5.46. The Morgan fingerprint density at radius 3 is 2.46 bits per heavy atom. The maximum Gasteiger partial charge on any atom is 0.335 e. The number of aromatic carboxylic acids is 1. The van der Waals surface area contributed by atoms with Crippen LogP contribution in [0.4, 0.5) is 4.79 Å². The highest BCUT2D eigenvalue weighted by atomic mass is 16.5. The van der Waals surface area contributed by atoms with Crippen molar-refractivity contribution in [2.45, 2.75) is 38.6 Å². The van der Waals surface area contributed by atoms with Gasteiger partial charge in [0.15, 0.2) is 5.82 Å². The van der Waals surface area contributed by atoms with Crippen molar-refractivity contribution in [2.75, 3.05) is 13.1 Å². The molecule has 2 heterocycles. The highest BCUT2D eigenvalue weighted by Gasteiger charge is 2.37. The second-order valence-corrected chi connectivity index (χ2v) is 6.86. The summed E-state index contributed by atoms with van der Waals surface area (Å²) in [6.07, 6.45) is 1.52. The summed E-state index contributed by atoms with van der Waals surface area (Å²) in [6, 6.07) is 6.34. The monoisotopic (exact) mass is 358 g/mol. The molecule has 8 nitrogen and oxygen atoms in total. The number of aromatic nitrogens is 2. The third kappa shape index (κ3) is 3.84. The number of carbonyl (C=O) groups excluding carboxylic acids is 1. The van der Waals surface area contributed by atoms with Gasteiger partial charge in [-0.1, -0.05) is 24.2 Å². The minimum Gasteiger partial charge on any atom is -0.478 e. The van der Waals surface area contributed by atoms with E-state index in [-0.39, 0.29) is 17.0 Å². The van der Waals surface area contributed by atoms with E-state index in [1.54, 1.807) is 24.0 Å². The zero-order valence-corrected chi connectivity index (χ0v) is 14.9. The molecule has 1 aromatic carbocycles. The van der Waals surface area contributed by atoms with Gasteiger partial charge in [0.05, 0.1) is 11.0 Å². The van der Waals surface area contributed by atoms with Crippen LogP contribution < -0.4 is 5.32 Å². The Bertz CT molecular complexity index is 792. The van der Waals surface area contributed by atoms with E-state index in [4.69, 9.17) is 9.63 Å². The molecule has 2 amide bonds. The normalized spacial score (nSPS) is 16.3. The maximum absolute atomic E-state index is 12.4. The largest absolute Gasteiger partial charge is 0.478 e. The molecule has 2 N–H and O–H groups in total. The molecule has 1 aromatic heterocycles. The van der Waals surface area contributed by atoms with Crippen LogP contribution in [0, 0.1) is 6.92 Å². The molecule has 1 aliphatic rings. The first-order valence-corrected chi connectivity index (χ1v) is 8.53. The number of nitrogens with zero attached hydrogens (tertiary/aromatic N) is 3. The quantitative estimate of drug-likeness (QED) is 0.868. The summed E-state index contributed by atoms with van der Waals surface area (Å²) in [4.78, 5) is 29.3. The smallest absolute Gasteiger partial charge is 0.335 e. The molecule has 138 valence electrons. The first-order valence-electron chi connectivity index (χ1n) is 8.53. The number of aryl methyl sites for hydroxylation is 1. The van der Waals surface area contributed by atoms with Crippen molar-refractivity contribution in [3.63, 3.8) is 0 Å². The molecule has 26 heavy (non-hydrogen) atoms. The lowest BCUT2D eigenvalue weighted by molar-refractivity contribution is 0.0697. The Morgan fingerprint density at radius 1 is 1.27 bits per heavy atom. The fourth-order valence-corrected chi connectivity index (χ4v) is 3.01. The standard InChI is InChI=1S/C18H22N4O4/c1-12-20-16(26-21-12)18(2)7-9-22(10-8-18)17(25)19-11-13-3-5-14(6-4-13)15(23)24/h3-6H,7-11H2,1-2H3,(H,19,25)(H,23,24). The van der Waals surface area contributed by atoms with Gasteiger partial charge in [-0.25, -0.2) is 9.59 Å². The molecule has 1 fully saturated rings. The topological polar surface area (TPSA) is 109 Å². The lowest BCUT2D eigenvalue weighted by Crippen LogP contribution is -2.47. The predicted molar refractivity (Wildman–Crippen MR) is 92.8 cm³/mol. The highest BCUT2D eigenvalue weighted by molar-refractivity contribution is 5.87. The number of carboxylic acids is 1. The van der Waals surface area contributed by atoms with Gasteiger partial charge in [-0.3, -0.25) is 0 Å². The maximum atomic E-state index is 12.4.